The van der Waals surface area contributed by atoms with E-state index in [0.717, 1.165) is 48.0 Å². The van der Waals surface area contributed by atoms with E-state index in [0.29, 0.717) is 117 Å². The molecule has 1 aliphatic carbocycles. The average molecular weight is 1210 g/mol. The third-order valence-corrected chi connectivity index (χ3v) is 16.4. The predicted molar refractivity (Wildman–Crippen MR) is 329 cm³/mol. The summed E-state index contributed by atoms with van der Waals surface area (Å²) in [6.07, 6.45) is 19.5. The van der Waals surface area contributed by atoms with E-state index in [1.54, 1.807) is 46.5 Å². The molecule has 0 radical (unpaired) electrons. The zero-order valence-electron chi connectivity index (χ0n) is 51.2. The molecule has 1 unspecified atom stereocenters. The molecule has 21 nitrogen and oxygen atoms in total. The zero-order valence-corrected chi connectivity index (χ0v) is 51.2. The van der Waals surface area contributed by atoms with Gasteiger partial charge in [0.05, 0.1) is 114 Å². The lowest BCUT2D eigenvalue weighted by atomic mass is 9.82. The highest BCUT2D eigenvalue weighted by atomic mass is 16.6. The lowest BCUT2D eigenvalue weighted by Gasteiger charge is -2.23. The molecule has 3 aromatic carbocycles. The van der Waals surface area contributed by atoms with Crippen LogP contribution in [0.2, 0.25) is 0 Å². The van der Waals surface area contributed by atoms with Crippen LogP contribution in [0.15, 0.2) is 76.0 Å². The van der Waals surface area contributed by atoms with Gasteiger partial charge in [-0.2, -0.15) is 0 Å². The van der Waals surface area contributed by atoms with Crippen LogP contribution in [0.25, 0.3) is 0 Å². The number of aliphatic imine (C=N–C) groups is 2. The molecular formula is C67H83N7O14. The molecule has 0 spiro atoms. The Labute approximate surface area is 515 Å². The average Bonchev–Trinajstić information content (AvgIpc) is 3.41. The predicted octanol–water partition coefficient (Wildman–Crippen LogP) is 8.48. The second-order valence-corrected chi connectivity index (χ2v) is 23.0. The molecule has 2 fully saturated rings. The third kappa shape index (κ3) is 17.7. The largest absolute Gasteiger partial charge is 0.493 e. The highest BCUT2D eigenvalue weighted by molar-refractivity contribution is 6.06. The topological polar surface area (TPSA) is 235 Å². The van der Waals surface area contributed by atoms with Gasteiger partial charge in [0.15, 0.2) is 23.0 Å². The molecular weight excluding hydrogens is 1130 g/mol. The number of hydrogen-bond donors (Lipinski definition) is 2. The highest BCUT2D eigenvalue weighted by Gasteiger charge is 2.42. The second-order valence-electron chi connectivity index (χ2n) is 23.0. The van der Waals surface area contributed by atoms with E-state index >= 15 is 0 Å². The molecule has 0 aromatic heterocycles. The van der Waals surface area contributed by atoms with Crippen molar-refractivity contribution in [1.82, 2.24) is 25.3 Å². The Hall–Kier alpha value is -7.90. The van der Waals surface area contributed by atoms with Crippen LogP contribution >= 0.6 is 0 Å². The number of imide groups is 1. The highest BCUT2D eigenvalue weighted by Crippen LogP contribution is 2.41. The molecule has 3 atom stereocenters. The SMILES string of the molecule is COc1cc2c(cc1OCc1cc(C#CCNC(=O)CCOCCOCCOCCOCCNC(=O)CCN3C(=O)CC(C4CCCCCCCCC4)C3=O)cc(COc3cc4c(cc3OC)C(=O)N3C=C(C)C[C@H]3C=N4)c1)N=C[C@@H]1CC(C)=CN1C2=O. The number of fused-ring (bicyclic) bond motifs is 4. The summed E-state index contributed by atoms with van der Waals surface area (Å²) < 4.78 is 46.6. The van der Waals surface area contributed by atoms with Crippen LogP contribution < -0.4 is 29.6 Å². The maximum absolute atomic E-state index is 13.6. The maximum atomic E-state index is 13.6. The number of amides is 6. The van der Waals surface area contributed by atoms with Crippen LogP contribution in [-0.2, 0) is 51.3 Å². The van der Waals surface area contributed by atoms with E-state index in [2.05, 4.69) is 32.5 Å². The molecule has 1 saturated carbocycles. The van der Waals surface area contributed by atoms with Crippen LogP contribution in [0.3, 0.4) is 0 Å². The molecule has 9 rings (SSSR count). The number of nitrogens with zero attached hydrogens (tertiary/aromatic N) is 5. The van der Waals surface area contributed by atoms with Gasteiger partial charge in [0.2, 0.25) is 23.6 Å². The second kappa shape index (κ2) is 32.4. The van der Waals surface area contributed by atoms with Gasteiger partial charge in [0.1, 0.15) is 13.2 Å². The maximum Gasteiger partial charge on any atom is 0.260 e. The molecule has 2 N–H and O–H groups in total. The molecule has 5 aliphatic heterocycles. The lowest BCUT2D eigenvalue weighted by Crippen LogP contribution is -2.36. The van der Waals surface area contributed by atoms with Crippen molar-refractivity contribution in [3.05, 3.63) is 93.8 Å². The summed E-state index contributed by atoms with van der Waals surface area (Å²) in [4.78, 5) is 92.5. The normalized spacial score (nSPS) is 19.1. The number of ether oxygens (including phenoxy) is 8. The van der Waals surface area contributed by atoms with Gasteiger partial charge in [0, 0.05) is 74.9 Å². The molecule has 1 saturated heterocycles. The number of nitrogens with one attached hydrogen (secondary N) is 2. The zero-order chi connectivity index (χ0) is 61.8. The molecule has 5 heterocycles. The molecule has 3 aromatic rings. The first-order chi connectivity index (χ1) is 42.8. The van der Waals surface area contributed by atoms with Gasteiger partial charge in [-0.25, -0.2) is 0 Å². The van der Waals surface area contributed by atoms with Crippen LogP contribution in [0, 0.1) is 23.7 Å². The molecule has 88 heavy (non-hydrogen) atoms. The summed E-state index contributed by atoms with van der Waals surface area (Å²) >= 11 is 0. The third-order valence-electron chi connectivity index (χ3n) is 16.4. The van der Waals surface area contributed by atoms with Gasteiger partial charge in [0.25, 0.3) is 11.8 Å². The van der Waals surface area contributed by atoms with E-state index in [1.165, 1.54) is 51.2 Å². The Kier molecular flexibility index (Phi) is 23.7. The van der Waals surface area contributed by atoms with E-state index in [4.69, 9.17) is 37.9 Å². The Morgan fingerprint density at radius 1 is 0.580 bits per heavy atom. The van der Waals surface area contributed by atoms with Crippen LogP contribution in [0.4, 0.5) is 11.4 Å². The monoisotopic (exact) mass is 1210 g/mol. The van der Waals surface area contributed by atoms with Gasteiger partial charge in [-0.15, -0.1) is 0 Å². The summed E-state index contributed by atoms with van der Waals surface area (Å²) in [6.45, 7) is 7.19. The van der Waals surface area contributed by atoms with Crippen molar-refractivity contribution in [2.45, 2.75) is 129 Å². The fourth-order valence-electron chi connectivity index (χ4n) is 11.9. The van der Waals surface area contributed by atoms with Crippen molar-refractivity contribution in [2.75, 3.05) is 86.7 Å². The number of methoxy groups -OCH3 is 2. The van der Waals surface area contributed by atoms with Crippen LogP contribution in [0.1, 0.15) is 141 Å². The van der Waals surface area contributed by atoms with Crippen LogP contribution in [0.5, 0.6) is 23.0 Å². The van der Waals surface area contributed by atoms with E-state index in [-0.39, 0.29) is 112 Å². The first-order valence-electron chi connectivity index (χ1n) is 30.9. The standard InChI is InChI=1S/C67H83N7O14/c1-45-29-51-39-70-56-37-60(58(81-3)34-54(56)66(79)73(51)41-45)87-43-48-31-47(32-49(33-48)44-88-61-38-57-55(35-59(61)82-4)67(80)74-42-46(2)30-52(74)40-71-57)13-12-18-68-63(76)17-21-83-23-25-85-27-28-86-26-24-84-22-19-69-62(75)16-20-72-64(77)36-53(65(72)78)50-14-10-8-6-5-7-9-11-15-50/h31-35,37-42,50-53H,5-11,14-30,36,43-44H2,1-4H3,(H,68,76)(H,69,75)/t51-,52-,53?/m0/s1. The van der Waals surface area contributed by atoms with Crippen molar-refractivity contribution in [3.8, 4) is 34.8 Å². The van der Waals surface area contributed by atoms with Crippen molar-refractivity contribution in [2.24, 2.45) is 21.8 Å². The number of benzene rings is 3. The van der Waals surface area contributed by atoms with Gasteiger partial charge >= 0.3 is 0 Å². The minimum absolute atomic E-state index is 0.0700. The molecule has 6 aliphatic rings. The lowest BCUT2D eigenvalue weighted by molar-refractivity contribution is -0.140. The van der Waals surface area contributed by atoms with E-state index in [9.17, 15) is 28.8 Å². The quantitative estimate of drug-likeness (QED) is 0.0394. The van der Waals surface area contributed by atoms with Crippen molar-refractivity contribution >= 4 is 59.2 Å². The van der Waals surface area contributed by atoms with Gasteiger partial charge in [-0.3, -0.25) is 43.7 Å². The van der Waals surface area contributed by atoms with Crippen LogP contribution in [-0.4, -0.2) is 161 Å². The summed E-state index contributed by atoms with van der Waals surface area (Å²) in [5.41, 5.74) is 6.11. The molecule has 21 heteroatoms. The first-order valence-corrected chi connectivity index (χ1v) is 30.9. The number of hydrogen-bond acceptors (Lipinski definition) is 16. The van der Waals surface area contributed by atoms with Gasteiger partial charge in [-0.1, -0.05) is 67.9 Å². The minimum Gasteiger partial charge on any atom is -0.493 e. The number of rotatable bonds is 28. The minimum atomic E-state index is -0.247. The van der Waals surface area contributed by atoms with Gasteiger partial charge < -0.3 is 58.3 Å². The van der Waals surface area contributed by atoms with E-state index in [1.807, 2.05) is 44.4 Å². The van der Waals surface area contributed by atoms with Crippen molar-refractivity contribution in [3.63, 3.8) is 0 Å². The Balaban J connectivity index is 0.673. The Morgan fingerprint density at radius 3 is 1.61 bits per heavy atom. The summed E-state index contributed by atoms with van der Waals surface area (Å²) in [5.74, 6) is 6.72. The summed E-state index contributed by atoms with van der Waals surface area (Å²) in [5, 5.41) is 5.63. The Morgan fingerprint density at radius 2 is 1.08 bits per heavy atom. The number of likely N-dealkylation sites (tertiary alicyclic amines) is 1. The van der Waals surface area contributed by atoms with E-state index < -0.39 is 0 Å². The van der Waals surface area contributed by atoms with Crippen molar-refractivity contribution < 1.29 is 66.7 Å². The number of carbonyl (C=O) groups is 6. The first kappa shape index (κ1) is 64.6. The Bertz CT molecular complexity index is 3060. The molecule has 0 bridgehead atoms. The smallest absolute Gasteiger partial charge is 0.260 e. The summed E-state index contributed by atoms with van der Waals surface area (Å²) in [7, 11) is 3.04. The van der Waals surface area contributed by atoms with Gasteiger partial charge in [-0.05, 0) is 86.9 Å². The fourth-order valence-corrected chi connectivity index (χ4v) is 11.9. The molecule has 470 valence electrons. The summed E-state index contributed by atoms with van der Waals surface area (Å²) in [6, 6.07) is 12.1. The molecule has 6 amide bonds. The number of carbonyl (C=O) groups excluding carboxylic acids is 6. The fraction of sp³-hybridized carbons (Fsp3) is 0.522. The van der Waals surface area contributed by atoms with Crippen molar-refractivity contribution in [1.29, 1.82) is 0 Å².